The molecule has 0 spiro atoms. The summed E-state index contributed by atoms with van der Waals surface area (Å²) in [5, 5.41) is 10.7. The summed E-state index contributed by atoms with van der Waals surface area (Å²) in [7, 11) is -9.93. The molecule has 0 aliphatic heterocycles. The quantitative estimate of drug-likeness (QED) is 0.0222. The number of rotatable bonds is 89. The van der Waals surface area contributed by atoms with E-state index in [9.17, 15) is 43.2 Å². The Morgan fingerprint density at radius 1 is 0.266 bits per heavy atom. The molecule has 0 aromatic carbocycles. The van der Waals surface area contributed by atoms with E-state index in [0.29, 0.717) is 25.7 Å². The SMILES string of the molecule is CCCCCCCCCCCCCCCCCCCCCCCCC(=O)OC[C@H](COP(=O)(O)OC[C@@H](O)COP(=O)(O)OC[C@@H](COC(=O)CCCCCCCCCCCC(C)C)OC(=O)CCCCCCCCCCCCCCC)OC(=O)CCCCCCCCCCCCCCCCCCCCC(C)CC. The summed E-state index contributed by atoms with van der Waals surface area (Å²) in [5.41, 5.74) is 0. The number of aliphatic hydroxyl groups excluding tert-OH is 1. The Hall–Kier alpha value is -1.94. The van der Waals surface area contributed by atoms with Gasteiger partial charge >= 0.3 is 39.5 Å². The van der Waals surface area contributed by atoms with Gasteiger partial charge in [0.1, 0.15) is 19.3 Å². The number of phosphoric ester groups is 2. The zero-order valence-corrected chi connectivity index (χ0v) is 73.7. The van der Waals surface area contributed by atoms with Crippen LogP contribution in [0.3, 0.4) is 0 Å². The van der Waals surface area contributed by atoms with Crippen molar-refractivity contribution < 1.29 is 80.2 Å². The van der Waals surface area contributed by atoms with E-state index >= 15 is 0 Å². The number of aliphatic hydroxyl groups is 1. The molecule has 19 heteroatoms. The number of carbonyl (C=O) groups is 4. The first-order valence-corrected chi connectivity index (χ1v) is 49.5. The lowest BCUT2D eigenvalue weighted by Gasteiger charge is -2.21. The molecule has 0 radical (unpaired) electrons. The van der Waals surface area contributed by atoms with E-state index in [2.05, 4.69) is 41.5 Å². The maximum absolute atomic E-state index is 13.2. The van der Waals surface area contributed by atoms with Crippen LogP contribution in [-0.4, -0.2) is 96.7 Å². The fourth-order valence-electron chi connectivity index (χ4n) is 14.1. The number of hydrogen-bond acceptors (Lipinski definition) is 15. The minimum atomic E-state index is -4.97. The first-order chi connectivity index (χ1) is 52.9. The maximum atomic E-state index is 13.2. The van der Waals surface area contributed by atoms with Crippen LogP contribution in [0, 0.1) is 11.8 Å². The van der Waals surface area contributed by atoms with Crippen molar-refractivity contribution in [3.05, 3.63) is 0 Å². The van der Waals surface area contributed by atoms with Gasteiger partial charge in [-0.2, -0.15) is 0 Å². The normalized spacial score (nSPS) is 14.0. The van der Waals surface area contributed by atoms with Gasteiger partial charge in [-0.1, -0.05) is 433 Å². The molecule has 648 valence electrons. The van der Waals surface area contributed by atoms with E-state index in [1.54, 1.807) is 0 Å². The van der Waals surface area contributed by atoms with Crippen molar-refractivity contribution in [1.29, 1.82) is 0 Å². The predicted octanol–water partition coefficient (Wildman–Crippen LogP) is 27.8. The molecule has 17 nitrogen and oxygen atoms in total. The number of ether oxygens (including phenoxy) is 4. The van der Waals surface area contributed by atoms with Gasteiger partial charge < -0.3 is 33.8 Å². The molecular formula is C90H176O17P2. The number of hydrogen-bond donors (Lipinski definition) is 3. The lowest BCUT2D eigenvalue weighted by Crippen LogP contribution is -2.30. The molecule has 6 atom stereocenters. The van der Waals surface area contributed by atoms with Crippen LogP contribution in [0.1, 0.15) is 485 Å². The third kappa shape index (κ3) is 82.4. The third-order valence-corrected chi connectivity index (χ3v) is 23.5. The average Bonchev–Trinajstić information content (AvgIpc) is 0.900. The fourth-order valence-corrected chi connectivity index (χ4v) is 15.7. The van der Waals surface area contributed by atoms with E-state index in [4.69, 9.17) is 37.0 Å². The van der Waals surface area contributed by atoms with Gasteiger partial charge in [-0.05, 0) is 37.5 Å². The van der Waals surface area contributed by atoms with Crippen molar-refractivity contribution in [3.8, 4) is 0 Å². The molecule has 0 aromatic rings. The van der Waals surface area contributed by atoms with Gasteiger partial charge in [0, 0.05) is 25.7 Å². The van der Waals surface area contributed by atoms with Crippen molar-refractivity contribution in [2.24, 2.45) is 11.8 Å². The Morgan fingerprint density at radius 2 is 0.468 bits per heavy atom. The molecule has 109 heavy (non-hydrogen) atoms. The molecule has 0 aromatic heterocycles. The van der Waals surface area contributed by atoms with Crippen LogP contribution in [0.4, 0.5) is 0 Å². The Labute approximate surface area is 670 Å². The van der Waals surface area contributed by atoms with Gasteiger partial charge in [-0.3, -0.25) is 37.3 Å². The molecule has 0 aliphatic carbocycles. The van der Waals surface area contributed by atoms with Crippen LogP contribution < -0.4 is 0 Å². The minimum Gasteiger partial charge on any atom is -0.462 e. The summed E-state index contributed by atoms with van der Waals surface area (Å²) in [6, 6.07) is 0. The third-order valence-electron chi connectivity index (χ3n) is 21.6. The highest BCUT2D eigenvalue weighted by molar-refractivity contribution is 7.47. The molecule has 0 aliphatic rings. The van der Waals surface area contributed by atoms with E-state index in [1.807, 2.05) is 0 Å². The maximum Gasteiger partial charge on any atom is 0.472 e. The van der Waals surface area contributed by atoms with Crippen LogP contribution in [-0.2, 0) is 65.4 Å². The molecule has 0 amide bonds. The Balaban J connectivity index is 5.21. The van der Waals surface area contributed by atoms with Gasteiger partial charge in [0.2, 0.25) is 0 Å². The lowest BCUT2D eigenvalue weighted by atomic mass is 9.99. The molecule has 0 heterocycles. The molecule has 3 unspecified atom stereocenters. The van der Waals surface area contributed by atoms with E-state index < -0.39 is 97.5 Å². The van der Waals surface area contributed by atoms with Crippen molar-refractivity contribution in [2.45, 2.75) is 503 Å². The number of phosphoric acid groups is 2. The van der Waals surface area contributed by atoms with E-state index in [0.717, 1.165) is 102 Å². The standard InChI is InChI=1S/C90H176O17P2/c1-7-10-12-14-16-18-20-22-23-24-25-26-27-28-32-35-39-42-48-54-60-66-72-87(92)100-78-85(106-90(95)75-69-63-57-50-44-40-36-33-30-29-31-34-38-41-47-53-59-65-71-83(6)9-3)80-104-108(96,97)102-76-84(91)77-103-109(98,99)105-81-86(79-101-88(93)73-67-61-55-51-45-46-52-58-64-70-82(4)5)107-89(94)74-68-62-56-49-43-37-21-19-17-15-13-11-8-2/h82-86,91H,7-81H2,1-6H3,(H,96,97)(H,98,99)/t83?,84-,85-,86-/m1/s1. The Bertz CT molecular complexity index is 2080. The second-order valence-electron chi connectivity index (χ2n) is 33.1. The first kappa shape index (κ1) is 107. The smallest absolute Gasteiger partial charge is 0.462 e. The molecule has 0 saturated heterocycles. The van der Waals surface area contributed by atoms with Gasteiger partial charge in [0.15, 0.2) is 12.2 Å². The van der Waals surface area contributed by atoms with Crippen LogP contribution >= 0.6 is 15.6 Å². The van der Waals surface area contributed by atoms with Crippen LogP contribution in [0.2, 0.25) is 0 Å². The van der Waals surface area contributed by atoms with Gasteiger partial charge in [-0.15, -0.1) is 0 Å². The molecule has 0 fully saturated rings. The monoisotopic (exact) mass is 1590 g/mol. The van der Waals surface area contributed by atoms with Crippen LogP contribution in [0.15, 0.2) is 0 Å². The zero-order valence-electron chi connectivity index (χ0n) is 71.9. The summed E-state index contributed by atoms with van der Waals surface area (Å²) in [6.07, 6.45) is 75.1. The Morgan fingerprint density at radius 3 is 0.697 bits per heavy atom. The summed E-state index contributed by atoms with van der Waals surface area (Å²) in [6.45, 7) is 9.74. The van der Waals surface area contributed by atoms with E-state index in [1.165, 1.54) is 302 Å². The molecule has 0 bridgehead atoms. The highest BCUT2D eigenvalue weighted by Gasteiger charge is 2.31. The minimum absolute atomic E-state index is 0.108. The van der Waals surface area contributed by atoms with Crippen molar-refractivity contribution in [3.63, 3.8) is 0 Å². The number of esters is 4. The van der Waals surface area contributed by atoms with Gasteiger partial charge in [0.05, 0.1) is 26.4 Å². The van der Waals surface area contributed by atoms with Crippen molar-refractivity contribution in [2.75, 3.05) is 39.6 Å². The predicted molar refractivity (Wildman–Crippen MR) is 451 cm³/mol. The van der Waals surface area contributed by atoms with Crippen molar-refractivity contribution in [1.82, 2.24) is 0 Å². The second-order valence-corrected chi connectivity index (χ2v) is 36.0. The summed E-state index contributed by atoms with van der Waals surface area (Å²) >= 11 is 0. The Kier molecular flexibility index (Phi) is 79.8. The number of carbonyl (C=O) groups excluding carboxylic acids is 4. The largest absolute Gasteiger partial charge is 0.472 e. The second kappa shape index (κ2) is 81.2. The highest BCUT2D eigenvalue weighted by Crippen LogP contribution is 2.45. The summed E-state index contributed by atoms with van der Waals surface area (Å²) in [4.78, 5) is 73.3. The first-order valence-electron chi connectivity index (χ1n) is 46.5. The average molecular weight is 1590 g/mol. The lowest BCUT2D eigenvalue weighted by molar-refractivity contribution is -0.161. The van der Waals surface area contributed by atoms with Crippen LogP contribution in [0.25, 0.3) is 0 Å². The van der Waals surface area contributed by atoms with Gasteiger partial charge in [-0.25, -0.2) is 9.13 Å². The molecular weight excluding hydrogens is 1410 g/mol. The highest BCUT2D eigenvalue weighted by atomic mass is 31.2. The summed E-state index contributed by atoms with van der Waals surface area (Å²) in [5.74, 6) is -0.483. The summed E-state index contributed by atoms with van der Waals surface area (Å²) < 4.78 is 69.0. The molecule has 0 rings (SSSR count). The topological polar surface area (TPSA) is 237 Å². The van der Waals surface area contributed by atoms with E-state index in [-0.39, 0.29) is 25.7 Å². The number of unbranched alkanes of at least 4 members (excludes halogenated alkanes) is 58. The van der Waals surface area contributed by atoms with Crippen molar-refractivity contribution >= 4 is 39.5 Å². The van der Waals surface area contributed by atoms with Gasteiger partial charge in [0.25, 0.3) is 0 Å². The zero-order chi connectivity index (χ0) is 79.9. The van der Waals surface area contributed by atoms with Crippen LogP contribution in [0.5, 0.6) is 0 Å². The molecule has 3 N–H and O–H groups in total. The fraction of sp³-hybridized carbons (Fsp3) is 0.956. The molecule has 0 saturated carbocycles.